The Bertz CT molecular complexity index is 1100. The molecule has 7 heteroatoms. The first-order valence-electron chi connectivity index (χ1n) is 11.3. The minimum Gasteiger partial charge on any atom is -0.372 e. The molecule has 2 heterocycles. The summed E-state index contributed by atoms with van der Waals surface area (Å²) in [5, 5.41) is 2.73. The molecule has 2 aliphatic heterocycles. The second-order valence-electron chi connectivity index (χ2n) is 8.61. The van der Waals surface area contributed by atoms with Crippen LogP contribution in [0.25, 0.3) is 5.57 Å². The molecule has 2 unspecified atom stereocenters. The van der Waals surface area contributed by atoms with E-state index in [0.717, 1.165) is 12.0 Å². The maximum Gasteiger partial charge on any atom is 0.282 e. The molecule has 3 amide bonds. The quantitative estimate of drug-likeness (QED) is 0.709. The largest absolute Gasteiger partial charge is 0.372 e. The van der Waals surface area contributed by atoms with Gasteiger partial charge >= 0.3 is 0 Å². The van der Waals surface area contributed by atoms with Crippen molar-refractivity contribution in [2.24, 2.45) is 0 Å². The van der Waals surface area contributed by atoms with Gasteiger partial charge in [-0.05, 0) is 55.7 Å². The van der Waals surface area contributed by atoms with Crippen LogP contribution in [-0.4, -0.2) is 47.9 Å². The fraction of sp³-hybridized carbons (Fsp3) is 0.346. The van der Waals surface area contributed by atoms with E-state index in [1.165, 1.54) is 11.8 Å². The SMILES string of the molecule is CCc1ccc(N2C(=O)C(c3ccc(NC(C)=O)cc3)=C(N3CC(C)OC(C)C3)C2=O)cc1. The zero-order valence-corrected chi connectivity index (χ0v) is 19.4. The molecule has 7 nitrogen and oxygen atoms in total. The molecular formula is C26H29N3O4. The molecule has 0 saturated carbocycles. The molecule has 0 spiro atoms. The predicted octanol–water partition coefficient (Wildman–Crippen LogP) is 3.60. The standard InChI is InChI=1S/C26H29N3O4/c1-5-19-6-12-22(13-7-19)29-25(31)23(20-8-10-21(11-9-20)27-18(4)30)24(26(29)32)28-14-16(2)33-17(3)15-28/h6-13,16-17H,5,14-15H2,1-4H3,(H,27,30). The lowest BCUT2D eigenvalue weighted by molar-refractivity contribution is -0.121. The average molecular weight is 448 g/mol. The highest BCUT2D eigenvalue weighted by Gasteiger charge is 2.43. The smallest absolute Gasteiger partial charge is 0.282 e. The van der Waals surface area contributed by atoms with Gasteiger partial charge in [0.1, 0.15) is 5.70 Å². The fourth-order valence-corrected chi connectivity index (χ4v) is 4.47. The van der Waals surface area contributed by atoms with Crippen LogP contribution in [0, 0.1) is 0 Å². The van der Waals surface area contributed by atoms with Crippen molar-refractivity contribution >= 4 is 34.7 Å². The minimum absolute atomic E-state index is 0.0644. The zero-order valence-electron chi connectivity index (χ0n) is 19.4. The molecule has 172 valence electrons. The molecule has 1 N–H and O–H groups in total. The molecule has 1 fully saturated rings. The summed E-state index contributed by atoms with van der Waals surface area (Å²) in [6, 6.07) is 14.5. The van der Waals surface area contributed by atoms with Crippen LogP contribution < -0.4 is 10.2 Å². The molecule has 0 bridgehead atoms. The monoisotopic (exact) mass is 447 g/mol. The van der Waals surface area contributed by atoms with Crippen LogP contribution >= 0.6 is 0 Å². The molecule has 0 aromatic heterocycles. The summed E-state index contributed by atoms with van der Waals surface area (Å²) in [4.78, 5) is 42.0. The van der Waals surface area contributed by atoms with Gasteiger partial charge < -0.3 is 15.0 Å². The Labute approximate surface area is 194 Å². The Kier molecular flexibility index (Phi) is 6.33. The summed E-state index contributed by atoms with van der Waals surface area (Å²) >= 11 is 0. The van der Waals surface area contributed by atoms with E-state index in [2.05, 4.69) is 12.2 Å². The molecule has 0 aliphatic carbocycles. The van der Waals surface area contributed by atoms with Gasteiger partial charge in [-0.2, -0.15) is 0 Å². The molecule has 2 aliphatic rings. The van der Waals surface area contributed by atoms with E-state index in [1.54, 1.807) is 24.3 Å². The number of nitrogens with one attached hydrogen (secondary N) is 1. The van der Waals surface area contributed by atoms with Crippen molar-refractivity contribution in [3.8, 4) is 0 Å². The van der Waals surface area contributed by atoms with E-state index < -0.39 is 0 Å². The lowest BCUT2D eigenvalue weighted by Gasteiger charge is -2.37. The van der Waals surface area contributed by atoms with E-state index in [4.69, 9.17) is 4.74 Å². The van der Waals surface area contributed by atoms with Crippen LogP contribution in [0.15, 0.2) is 54.2 Å². The number of ether oxygens (including phenoxy) is 1. The third-order valence-corrected chi connectivity index (χ3v) is 5.89. The summed E-state index contributed by atoms with van der Waals surface area (Å²) in [6.45, 7) is 8.48. The van der Waals surface area contributed by atoms with E-state index in [0.29, 0.717) is 41.3 Å². The number of aryl methyl sites for hydroxylation is 1. The van der Waals surface area contributed by atoms with Gasteiger partial charge in [0.05, 0.1) is 23.5 Å². The van der Waals surface area contributed by atoms with Gasteiger partial charge in [-0.25, -0.2) is 4.90 Å². The number of benzene rings is 2. The highest BCUT2D eigenvalue weighted by atomic mass is 16.5. The van der Waals surface area contributed by atoms with Crippen LogP contribution in [0.2, 0.25) is 0 Å². The summed E-state index contributed by atoms with van der Waals surface area (Å²) in [5.41, 5.74) is 3.72. The van der Waals surface area contributed by atoms with E-state index in [1.807, 2.05) is 43.0 Å². The topological polar surface area (TPSA) is 79.0 Å². The zero-order chi connectivity index (χ0) is 23.7. The van der Waals surface area contributed by atoms with Crippen molar-refractivity contribution < 1.29 is 19.1 Å². The van der Waals surface area contributed by atoms with Crippen LogP contribution in [0.3, 0.4) is 0 Å². The number of amides is 3. The summed E-state index contributed by atoms with van der Waals surface area (Å²) in [7, 11) is 0. The lowest BCUT2D eigenvalue weighted by Crippen LogP contribution is -2.47. The third-order valence-electron chi connectivity index (χ3n) is 5.89. The van der Waals surface area contributed by atoms with Crippen LogP contribution in [-0.2, 0) is 25.5 Å². The Morgan fingerprint density at radius 2 is 1.58 bits per heavy atom. The number of anilines is 2. The van der Waals surface area contributed by atoms with Gasteiger partial charge in [0.15, 0.2) is 0 Å². The van der Waals surface area contributed by atoms with Crippen molar-refractivity contribution in [3.63, 3.8) is 0 Å². The average Bonchev–Trinajstić information content (AvgIpc) is 3.03. The Hall–Kier alpha value is -3.45. The Morgan fingerprint density at radius 3 is 2.12 bits per heavy atom. The third kappa shape index (κ3) is 4.54. The number of carbonyl (C=O) groups is 3. The van der Waals surface area contributed by atoms with Crippen molar-refractivity contribution in [2.45, 2.75) is 46.3 Å². The number of morpholine rings is 1. The summed E-state index contributed by atoms with van der Waals surface area (Å²) < 4.78 is 5.85. The highest BCUT2D eigenvalue weighted by molar-refractivity contribution is 6.45. The molecule has 4 rings (SSSR count). The normalized spacial score (nSPS) is 21.1. The molecule has 0 radical (unpaired) electrons. The molecular weight excluding hydrogens is 418 g/mol. The first-order valence-corrected chi connectivity index (χ1v) is 11.3. The molecule has 1 saturated heterocycles. The maximum atomic E-state index is 13.7. The summed E-state index contributed by atoms with van der Waals surface area (Å²) in [5.74, 6) is -0.849. The minimum atomic E-state index is -0.349. The van der Waals surface area contributed by atoms with Gasteiger partial charge in [0.25, 0.3) is 11.8 Å². The highest BCUT2D eigenvalue weighted by Crippen LogP contribution is 2.36. The maximum absolute atomic E-state index is 13.7. The number of imide groups is 1. The summed E-state index contributed by atoms with van der Waals surface area (Å²) in [6.07, 6.45) is 0.747. The number of nitrogens with zero attached hydrogens (tertiary/aromatic N) is 2. The first kappa shape index (κ1) is 22.7. The molecule has 2 atom stereocenters. The van der Waals surface area contributed by atoms with E-state index in [-0.39, 0.29) is 29.9 Å². The van der Waals surface area contributed by atoms with Crippen LogP contribution in [0.5, 0.6) is 0 Å². The molecule has 33 heavy (non-hydrogen) atoms. The Morgan fingerprint density at radius 1 is 0.970 bits per heavy atom. The molecule has 2 aromatic carbocycles. The second kappa shape index (κ2) is 9.19. The van der Waals surface area contributed by atoms with Crippen molar-refractivity contribution in [1.82, 2.24) is 4.90 Å². The number of rotatable bonds is 5. The van der Waals surface area contributed by atoms with E-state index in [9.17, 15) is 14.4 Å². The Balaban J connectivity index is 1.77. The number of hydrogen-bond donors (Lipinski definition) is 1. The lowest BCUT2D eigenvalue weighted by atomic mass is 10.0. The second-order valence-corrected chi connectivity index (χ2v) is 8.61. The van der Waals surface area contributed by atoms with Crippen molar-refractivity contribution in [3.05, 3.63) is 65.4 Å². The van der Waals surface area contributed by atoms with Gasteiger partial charge in [0.2, 0.25) is 5.91 Å². The number of hydrogen-bond acceptors (Lipinski definition) is 5. The fourth-order valence-electron chi connectivity index (χ4n) is 4.47. The molecule has 2 aromatic rings. The van der Waals surface area contributed by atoms with E-state index >= 15 is 0 Å². The first-order chi connectivity index (χ1) is 15.8. The van der Waals surface area contributed by atoms with Crippen molar-refractivity contribution in [2.75, 3.05) is 23.3 Å². The van der Waals surface area contributed by atoms with Gasteiger partial charge in [-0.1, -0.05) is 31.2 Å². The van der Waals surface area contributed by atoms with Crippen LogP contribution in [0.1, 0.15) is 38.8 Å². The van der Waals surface area contributed by atoms with Gasteiger partial charge in [0, 0.05) is 25.7 Å². The predicted molar refractivity (Wildman–Crippen MR) is 128 cm³/mol. The van der Waals surface area contributed by atoms with Gasteiger partial charge in [-0.3, -0.25) is 14.4 Å². The van der Waals surface area contributed by atoms with Crippen molar-refractivity contribution in [1.29, 1.82) is 0 Å². The van der Waals surface area contributed by atoms with Crippen LogP contribution in [0.4, 0.5) is 11.4 Å². The van der Waals surface area contributed by atoms with Gasteiger partial charge in [-0.15, -0.1) is 0 Å². The number of carbonyl (C=O) groups excluding carboxylic acids is 3.